The first-order valence-electron chi connectivity index (χ1n) is 14.1. The third-order valence-electron chi connectivity index (χ3n) is 5.79. The van der Waals surface area contributed by atoms with E-state index in [1.54, 1.807) is 6.07 Å². The van der Waals surface area contributed by atoms with Gasteiger partial charge in [0.05, 0.1) is 10.8 Å². The van der Waals surface area contributed by atoms with E-state index in [1.807, 2.05) is 0 Å². The summed E-state index contributed by atoms with van der Waals surface area (Å²) in [6.07, 6.45) is -3.38. The van der Waals surface area contributed by atoms with Crippen LogP contribution in [0.25, 0.3) is 0 Å². The van der Waals surface area contributed by atoms with Gasteiger partial charge in [-0.2, -0.15) is 0 Å². The first kappa shape index (κ1) is 43.5. The van der Waals surface area contributed by atoms with E-state index < -0.39 is 59.4 Å². The molecule has 2 aliphatic rings. The van der Waals surface area contributed by atoms with E-state index in [-0.39, 0.29) is 48.2 Å². The number of rotatable bonds is 11. The zero-order valence-electron chi connectivity index (χ0n) is 27.0. The molecule has 0 aromatic heterocycles. The molecule has 2 aromatic rings. The van der Waals surface area contributed by atoms with Gasteiger partial charge in [-0.1, -0.05) is 15.0 Å². The third-order valence-corrected chi connectivity index (χ3v) is 7.43. The fourth-order valence-corrected chi connectivity index (χ4v) is 4.63. The summed E-state index contributed by atoms with van der Waals surface area (Å²) in [6.45, 7) is 3.28. The Morgan fingerprint density at radius 3 is 2.14 bits per heavy atom. The third kappa shape index (κ3) is 15.8. The molecule has 274 valence electrons. The lowest BCUT2D eigenvalue weighted by Gasteiger charge is -2.28. The highest BCUT2D eigenvalue weighted by Gasteiger charge is 2.61. The lowest BCUT2D eigenvalue weighted by atomic mass is 10.1. The maximum atomic E-state index is 12.9. The molecule has 0 bridgehead atoms. The van der Waals surface area contributed by atoms with E-state index in [2.05, 4.69) is 21.2 Å². The van der Waals surface area contributed by atoms with Crippen LogP contribution in [0.2, 0.25) is 0 Å². The second-order valence-corrected chi connectivity index (χ2v) is 12.1. The Morgan fingerprint density at radius 1 is 1.00 bits per heavy atom. The normalized spacial score (nSPS) is 17.9. The standard InChI is InChI=1S/C25H22INO12S.2C2H4O2.CH4O/c1-13(28)36-19-11-20(39-23-21(19)22(23)29)38-18-7-2-14(10-17(18)24(30)34-8-9-40-26)12-35-25(31)37-16-5-3-15(4-6-16)27(32)33;2*1-2(3)4;1-2/h2-7,10,19-21,23H,8-9,11-12H2,1H3;2*1H3,(H,3,4);2H,1H3. The number of carboxylic acid groups (broad SMARTS) is 2. The van der Waals surface area contributed by atoms with Crippen LogP contribution in [0.5, 0.6) is 11.5 Å². The van der Waals surface area contributed by atoms with Gasteiger partial charge in [0.1, 0.15) is 42.5 Å². The van der Waals surface area contributed by atoms with E-state index in [4.69, 9.17) is 53.3 Å². The summed E-state index contributed by atoms with van der Waals surface area (Å²) in [6, 6.07) is 9.30. The van der Waals surface area contributed by atoms with Crippen LogP contribution in [-0.4, -0.2) is 94.0 Å². The average molecular weight is 840 g/mol. The van der Waals surface area contributed by atoms with Crippen molar-refractivity contribution in [1.29, 1.82) is 0 Å². The largest absolute Gasteiger partial charge is 0.514 e. The molecule has 4 rings (SSSR count). The van der Waals surface area contributed by atoms with Gasteiger partial charge in [0.15, 0.2) is 5.78 Å². The van der Waals surface area contributed by atoms with Crippen LogP contribution in [0, 0.1) is 16.0 Å². The first-order valence-corrected chi connectivity index (χ1v) is 17.6. The Bertz CT molecular complexity index is 1480. The number of nitro benzene ring substituents is 1. The van der Waals surface area contributed by atoms with Crippen molar-refractivity contribution in [3.05, 3.63) is 63.7 Å². The lowest BCUT2D eigenvalue weighted by Crippen LogP contribution is -2.36. The number of fused-ring (bicyclic) bond motifs is 1. The number of hydrogen-bond donors (Lipinski definition) is 3. The molecule has 50 heavy (non-hydrogen) atoms. The summed E-state index contributed by atoms with van der Waals surface area (Å²) in [5.74, 6) is -2.89. The molecule has 1 heterocycles. The number of carbonyl (C=O) groups is 6. The zero-order chi connectivity index (χ0) is 38.0. The number of nitro groups is 1. The van der Waals surface area contributed by atoms with Crippen molar-refractivity contribution >= 4 is 71.6 Å². The van der Waals surface area contributed by atoms with Crippen molar-refractivity contribution in [2.24, 2.45) is 5.92 Å². The highest BCUT2D eigenvalue weighted by molar-refractivity contribution is 14.2. The van der Waals surface area contributed by atoms with Crippen LogP contribution in [-0.2, 0) is 44.7 Å². The molecular formula is C30H34INO17S. The van der Waals surface area contributed by atoms with Crippen molar-refractivity contribution in [1.82, 2.24) is 0 Å². The van der Waals surface area contributed by atoms with Crippen molar-refractivity contribution in [2.45, 2.75) is 52.3 Å². The predicted molar refractivity (Wildman–Crippen MR) is 180 cm³/mol. The molecule has 20 heteroatoms. The van der Waals surface area contributed by atoms with Crippen LogP contribution in [0.3, 0.4) is 0 Å². The molecule has 1 aliphatic carbocycles. The number of aliphatic hydroxyl groups excluding tert-OH is 1. The van der Waals surface area contributed by atoms with E-state index in [0.29, 0.717) is 11.3 Å². The molecule has 4 unspecified atom stereocenters. The number of esters is 2. The molecule has 3 N–H and O–H groups in total. The Labute approximate surface area is 301 Å². The predicted octanol–water partition coefficient (Wildman–Crippen LogP) is 3.97. The molecular weight excluding hydrogens is 805 g/mol. The number of carbonyl (C=O) groups excluding carboxylic acids is 4. The number of aliphatic hydroxyl groups is 1. The van der Waals surface area contributed by atoms with Gasteiger partial charge >= 0.3 is 18.1 Å². The number of nitrogens with zero attached hydrogens (tertiary/aromatic N) is 1. The molecule has 2 fully saturated rings. The Kier molecular flexibility index (Phi) is 19.3. The number of hydrogen-bond acceptors (Lipinski definition) is 16. The van der Waals surface area contributed by atoms with Crippen LogP contribution >= 0.6 is 30.1 Å². The summed E-state index contributed by atoms with van der Waals surface area (Å²) in [5, 5.41) is 32.6. The topological polar surface area (TPSA) is 262 Å². The van der Waals surface area contributed by atoms with Gasteiger partial charge < -0.3 is 43.7 Å². The smallest absolute Gasteiger partial charge is 0.481 e. The highest BCUT2D eigenvalue weighted by Crippen LogP contribution is 2.42. The van der Waals surface area contributed by atoms with Gasteiger partial charge in [0, 0.05) is 52.2 Å². The van der Waals surface area contributed by atoms with Crippen LogP contribution in [0.1, 0.15) is 43.1 Å². The zero-order valence-corrected chi connectivity index (χ0v) is 29.9. The molecule has 0 amide bonds. The SMILES string of the molecule is CC(=O)O.CC(=O)O.CC(=O)OC1CC(Oc2ccc(COC(=O)Oc3ccc([N+](=O)[O-])cc3)cc2C(=O)OCCSI)OC2C(=O)C12.CO. The Hall–Kier alpha value is -4.54. The lowest BCUT2D eigenvalue weighted by molar-refractivity contribution is -0.384. The number of carboxylic acids is 2. The minimum atomic E-state index is -1.06. The summed E-state index contributed by atoms with van der Waals surface area (Å²) in [7, 11) is 2.46. The summed E-state index contributed by atoms with van der Waals surface area (Å²) >= 11 is 2.07. The van der Waals surface area contributed by atoms with E-state index in [1.165, 1.54) is 52.3 Å². The van der Waals surface area contributed by atoms with Gasteiger partial charge in [0.2, 0.25) is 6.29 Å². The number of halogens is 1. The summed E-state index contributed by atoms with van der Waals surface area (Å²) < 4.78 is 32.3. The Balaban J connectivity index is 0.00000111. The van der Waals surface area contributed by atoms with Gasteiger partial charge in [-0.3, -0.25) is 29.3 Å². The van der Waals surface area contributed by atoms with Crippen molar-refractivity contribution in [2.75, 3.05) is 19.5 Å². The number of benzene rings is 2. The maximum absolute atomic E-state index is 12.9. The van der Waals surface area contributed by atoms with E-state index in [0.717, 1.165) is 21.0 Å². The molecule has 0 spiro atoms. The number of Topliss-reactive ketones (excluding diaryl/α,β-unsaturated/α-hetero) is 1. The van der Waals surface area contributed by atoms with Gasteiger partial charge in [-0.25, -0.2) is 9.59 Å². The fraction of sp³-hybridized carbons (Fsp3) is 0.400. The molecule has 1 aliphatic heterocycles. The average Bonchev–Trinajstić information content (AvgIpc) is 3.70. The maximum Gasteiger partial charge on any atom is 0.514 e. The second-order valence-electron chi connectivity index (χ2n) is 9.63. The number of ketones is 1. The quantitative estimate of drug-likeness (QED) is 0.0550. The molecule has 1 saturated heterocycles. The number of non-ortho nitro benzene ring substituents is 1. The monoisotopic (exact) mass is 839 g/mol. The van der Waals surface area contributed by atoms with E-state index >= 15 is 0 Å². The van der Waals surface area contributed by atoms with E-state index in [9.17, 15) is 29.3 Å². The van der Waals surface area contributed by atoms with Crippen LogP contribution < -0.4 is 9.47 Å². The molecule has 4 atom stereocenters. The van der Waals surface area contributed by atoms with Crippen LogP contribution in [0.15, 0.2) is 42.5 Å². The summed E-state index contributed by atoms with van der Waals surface area (Å²) in [5.41, 5.74) is 0.270. The second kappa shape index (κ2) is 22.2. The molecule has 18 nitrogen and oxygen atoms in total. The summed E-state index contributed by atoms with van der Waals surface area (Å²) in [4.78, 5) is 76.6. The first-order chi connectivity index (χ1) is 23.6. The molecule has 0 radical (unpaired) electrons. The number of ether oxygens (including phenoxy) is 6. The van der Waals surface area contributed by atoms with Gasteiger partial charge in [0.25, 0.3) is 17.6 Å². The number of aliphatic carboxylic acids is 2. The Morgan fingerprint density at radius 2 is 1.60 bits per heavy atom. The minimum Gasteiger partial charge on any atom is -0.481 e. The van der Waals surface area contributed by atoms with Crippen molar-refractivity contribution < 1.29 is 77.4 Å². The minimum absolute atomic E-state index is 0.0279. The van der Waals surface area contributed by atoms with Crippen molar-refractivity contribution in [3.63, 3.8) is 0 Å². The van der Waals surface area contributed by atoms with Crippen molar-refractivity contribution in [3.8, 4) is 11.5 Å². The molecule has 1 saturated carbocycles. The fourth-order valence-electron chi connectivity index (χ4n) is 3.95. The van der Waals surface area contributed by atoms with Gasteiger partial charge in [-0.05, 0) is 51.0 Å². The highest BCUT2D eigenvalue weighted by atomic mass is 127. The molecule has 2 aromatic carbocycles. The van der Waals surface area contributed by atoms with Gasteiger partial charge in [-0.15, -0.1) is 0 Å². The van der Waals surface area contributed by atoms with Crippen LogP contribution in [0.4, 0.5) is 10.5 Å².